The molecule has 25 heavy (non-hydrogen) atoms. The van der Waals surface area contributed by atoms with Gasteiger partial charge in [-0.1, -0.05) is 6.07 Å². The van der Waals surface area contributed by atoms with Crippen LogP contribution in [0.2, 0.25) is 0 Å². The van der Waals surface area contributed by atoms with Gasteiger partial charge in [-0.25, -0.2) is 17.4 Å². The van der Waals surface area contributed by atoms with Crippen LogP contribution in [0, 0.1) is 12.7 Å². The van der Waals surface area contributed by atoms with Gasteiger partial charge in [-0.15, -0.1) is 0 Å². The number of amides is 1. The van der Waals surface area contributed by atoms with Crippen LogP contribution < -0.4 is 5.32 Å². The summed E-state index contributed by atoms with van der Waals surface area (Å²) in [6, 6.07) is 8.43. The van der Waals surface area contributed by atoms with Gasteiger partial charge in [0, 0.05) is 12.1 Å². The van der Waals surface area contributed by atoms with Crippen molar-refractivity contribution >= 4 is 32.5 Å². The lowest BCUT2D eigenvalue weighted by atomic mass is 10.2. The molecule has 0 unspecified atom stereocenters. The number of carbonyl (C=O) groups excluding carboxylic acids is 1. The van der Waals surface area contributed by atoms with E-state index in [1.807, 2.05) is 0 Å². The molecular weight excluding hydrogens is 349 g/mol. The van der Waals surface area contributed by atoms with Crippen LogP contribution in [0.15, 0.2) is 45.9 Å². The van der Waals surface area contributed by atoms with Crippen molar-refractivity contribution < 1.29 is 22.2 Å². The molecule has 0 aliphatic heterocycles. The van der Waals surface area contributed by atoms with E-state index in [4.69, 9.17) is 0 Å². The molecule has 0 aliphatic rings. The van der Waals surface area contributed by atoms with Gasteiger partial charge in [0.05, 0.1) is 10.6 Å². The summed E-state index contributed by atoms with van der Waals surface area (Å²) in [5, 5.41) is 9.78. The van der Waals surface area contributed by atoms with Gasteiger partial charge in [-0.05, 0) is 53.1 Å². The maximum Gasteiger partial charge on any atom is 0.225 e. The molecule has 1 N–H and O–H groups in total. The predicted octanol–water partition coefficient (Wildman–Crippen LogP) is 2.47. The number of carbonyl (C=O) groups is 1. The molecule has 3 rings (SSSR count). The SMILES string of the molecule is Cc1cc(F)ccc1NC(=O)CCS(=O)(=O)c1cccc2nonc12. The highest BCUT2D eigenvalue weighted by Crippen LogP contribution is 2.22. The van der Waals surface area contributed by atoms with E-state index < -0.39 is 27.3 Å². The summed E-state index contributed by atoms with van der Waals surface area (Å²) in [7, 11) is -3.74. The first-order valence-corrected chi connectivity index (χ1v) is 9.02. The molecule has 0 saturated carbocycles. The number of halogens is 1. The summed E-state index contributed by atoms with van der Waals surface area (Å²) >= 11 is 0. The summed E-state index contributed by atoms with van der Waals surface area (Å²) in [5.74, 6) is -1.29. The molecule has 1 amide bonds. The molecule has 2 aromatic carbocycles. The largest absolute Gasteiger partial charge is 0.326 e. The minimum Gasteiger partial charge on any atom is -0.326 e. The van der Waals surface area contributed by atoms with Crippen LogP contribution in [0.25, 0.3) is 11.0 Å². The number of sulfone groups is 1. The van der Waals surface area contributed by atoms with E-state index in [1.165, 1.54) is 30.3 Å². The van der Waals surface area contributed by atoms with E-state index in [2.05, 4.69) is 20.3 Å². The molecule has 0 atom stereocenters. The lowest BCUT2D eigenvalue weighted by molar-refractivity contribution is -0.115. The number of nitrogens with zero attached hydrogens (tertiary/aromatic N) is 2. The van der Waals surface area contributed by atoms with E-state index in [1.54, 1.807) is 13.0 Å². The smallest absolute Gasteiger partial charge is 0.225 e. The number of fused-ring (bicyclic) bond motifs is 1. The fraction of sp³-hybridized carbons (Fsp3) is 0.188. The van der Waals surface area contributed by atoms with Gasteiger partial charge in [-0.2, -0.15) is 0 Å². The number of hydrogen-bond acceptors (Lipinski definition) is 6. The molecule has 0 bridgehead atoms. The van der Waals surface area contributed by atoms with Crippen molar-refractivity contribution in [3.63, 3.8) is 0 Å². The van der Waals surface area contributed by atoms with Crippen molar-refractivity contribution in [3.05, 3.63) is 47.8 Å². The third-order valence-corrected chi connectivity index (χ3v) is 5.39. The third-order valence-electron chi connectivity index (χ3n) is 3.64. The first kappa shape index (κ1) is 17.0. The molecule has 130 valence electrons. The summed E-state index contributed by atoms with van der Waals surface area (Å²) in [5.41, 5.74) is 1.45. The molecule has 0 spiro atoms. The zero-order valence-electron chi connectivity index (χ0n) is 13.2. The maximum absolute atomic E-state index is 13.1. The maximum atomic E-state index is 13.1. The molecule has 7 nitrogen and oxygen atoms in total. The number of hydrogen-bond donors (Lipinski definition) is 1. The number of rotatable bonds is 5. The van der Waals surface area contributed by atoms with Gasteiger partial charge in [-0.3, -0.25) is 4.79 Å². The average molecular weight is 363 g/mol. The van der Waals surface area contributed by atoms with Gasteiger partial charge in [0.1, 0.15) is 11.3 Å². The Balaban J connectivity index is 1.72. The van der Waals surface area contributed by atoms with Crippen LogP contribution in [0.3, 0.4) is 0 Å². The van der Waals surface area contributed by atoms with E-state index in [0.717, 1.165) is 0 Å². The normalized spacial score (nSPS) is 11.6. The first-order chi connectivity index (χ1) is 11.9. The zero-order chi connectivity index (χ0) is 18.0. The minimum atomic E-state index is -3.74. The van der Waals surface area contributed by atoms with Crippen LogP contribution in [0.4, 0.5) is 10.1 Å². The molecule has 0 saturated heterocycles. The van der Waals surface area contributed by atoms with Crippen LogP contribution >= 0.6 is 0 Å². The van der Waals surface area contributed by atoms with E-state index >= 15 is 0 Å². The lowest BCUT2D eigenvalue weighted by Crippen LogP contribution is -2.18. The minimum absolute atomic E-state index is 0.0305. The zero-order valence-corrected chi connectivity index (χ0v) is 14.0. The van der Waals surface area contributed by atoms with Crippen LogP contribution in [0.5, 0.6) is 0 Å². The van der Waals surface area contributed by atoms with Crippen molar-refractivity contribution in [1.29, 1.82) is 0 Å². The Bertz CT molecular complexity index is 1050. The highest BCUT2D eigenvalue weighted by molar-refractivity contribution is 7.91. The van der Waals surface area contributed by atoms with Gasteiger partial charge in [0.2, 0.25) is 5.91 Å². The van der Waals surface area contributed by atoms with E-state index in [9.17, 15) is 17.6 Å². The molecule has 0 aliphatic carbocycles. The molecule has 1 heterocycles. The second-order valence-electron chi connectivity index (χ2n) is 5.46. The van der Waals surface area contributed by atoms with Crippen molar-refractivity contribution in [1.82, 2.24) is 10.3 Å². The topological polar surface area (TPSA) is 102 Å². The third kappa shape index (κ3) is 3.66. The Morgan fingerprint density at radius 1 is 1.24 bits per heavy atom. The van der Waals surface area contributed by atoms with E-state index in [-0.39, 0.29) is 16.8 Å². The Labute approximate surface area is 142 Å². The summed E-state index contributed by atoms with van der Waals surface area (Å²) in [4.78, 5) is 12.0. The molecule has 9 heteroatoms. The average Bonchev–Trinajstić information content (AvgIpc) is 3.04. The van der Waals surface area contributed by atoms with Gasteiger partial charge in [0.15, 0.2) is 15.4 Å². The fourth-order valence-corrected chi connectivity index (χ4v) is 3.75. The van der Waals surface area contributed by atoms with E-state index in [0.29, 0.717) is 16.8 Å². The quantitative estimate of drug-likeness (QED) is 0.747. The highest BCUT2D eigenvalue weighted by atomic mass is 32.2. The molecular formula is C16H14FN3O4S. The Kier molecular flexibility index (Phi) is 4.49. The van der Waals surface area contributed by atoms with Crippen LogP contribution in [-0.4, -0.2) is 30.4 Å². The van der Waals surface area contributed by atoms with Gasteiger partial charge < -0.3 is 5.32 Å². The molecule has 3 aromatic rings. The second-order valence-corrected chi connectivity index (χ2v) is 7.54. The standard InChI is InChI=1S/C16H14FN3O4S/c1-10-9-11(17)5-6-12(10)18-15(21)7-8-25(22,23)14-4-2-3-13-16(14)20-24-19-13/h2-6,9H,7-8H2,1H3,(H,18,21). The lowest BCUT2D eigenvalue weighted by Gasteiger charge is -2.09. The van der Waals surface area contributed by atoms with Gasteiger partial charge >= 0.3 is 0 Å². The molecule has 1 aromatic heterocycles. The van der Waals surface area contributed by atoms with Crippen LogP contribution in [0.1, 0.15) is 12.0 Å². The predicted molar refractivity (Wildman–Crippen MR) is 88.2 cm³/mol. The highest BCUT2D eigenvalue weighted by Gasteiger charge is 2.21. The van der Waals surface area contributed by atoms with Crippen LogP contribution in [-0.2, 0) is 14.6 Å². The number of aryl methyl sites for hydroxylation is 1. The second kappa shape index (κ2) is 6.60. The first-order valence-electron chi connectivity index (χ1n) is 7.37. The summed E-state index contributed by atoms with van der Waals surface area (Å²) < 4.78 is 42.6. The molecule has 0 fully saturated rings. The summed E-state index contributed by atoms with van der Waals surface area (Å²) in [6.07, 6.45) is -0.249. The number of aromatic nitrogens is 2. The van der Waals surface area contributed by atoms with Crippen molar-refractivity contribution in [2.45, 2.75) is 18.2 Å². The monoisotopic (exact) mass is 363 g/mol. The Morgan fingerprint density at radius 3 is 2.80 bits per heavy atom. The Morgan fingerprint density at radius 2 is 2.04 bits per heavy atom. The Hall–Kier alpha value is -2.81. The van der Waals surface area contributed by atoms with Crippen molar-refractivity contribution in [3.8, 4) is 0 Å². The van der Waals surface area contributed by atoms with Crippen molar-refractivity contribution in [2.75, 3.05) is 11.1 Å². The fourth-order valence-electron chi connectivity index (χ4n) is 2.35. The number of benzene rings is 2. The van der Waals surface area contributed by atoms with Gasteiger partial charge in [0.25, 0.3) is 0 Å². The number of nitrogens with one attached hydrogen (secondary N) is 1. The number of anilines is 1. The van der Waals surface area contributed by atoms with Crippen molar-refractivity contribution in [2.24, 2.45) is 0 Å². The summed E-state index contributed by atoms with van der Waals surface area (Å²) in [6.45, 7) is 1.65. The molecule has 0 radical (unpaired) electrons.